The van der Waals surface area contributed by atoms with Crippen molar-refractivity contribution in [1.29, 1.82) is 0 Å². The molecule has 0 aliphatic rings. The van der Waals surface area contributed by atoms with Crippen LogP contribution in [-0.2, 0) is 11.3 Å². The van der Waals surface area contributed by atoms with E-state index in [1.807, 2.05) is 0 Å². The molecule has 0 saturated heterocycles. The van der Waals surface area contributed by atoms with Gasteiger partial charge >= 0.3 is 0 Å². The van der Waals surface area contributed by atoms with Crippen LogP contribution in [0, 0.1) is 6.92 Å². The molecule has 0 spiro atoms. The Morgan fingerprint density at radius 1 is 1.54 bits per heavy atom. The van der Waals surface area contributed by atoms with Gasteiger partial charge in [0, 0.05) is 11.8 Å². The van der Waals surface area contributed by atoms with Crippen molar-refractivity contribution >= 4 is 17.4 Å². The first-order chi connectivity index (χ1) is 6.15. The molecule has 0 aliphatic heterocycles. The van der Waals surface area contributed by atoms with Gasteiger partial charge in [0.25, 0.3) is 5.56 Å². The van der Waals surface area contributed by atoms with Crippen molar-refractivity contribution in [2.24, 2.45) is 0 Å². The molecule has 1 rings (SSSR count). The number of ketones is 1. The summed E-state index contributed by atoms with van der Waals surface area (Å²) < 4.78 is 1.41. The zero-order valence-electron chi connectivity index (χ0n) is 7.29. The van der Waals surface area contributed by atoms with Gasteiger partial charge in [-0.05, 0) is 13.0 Å². The van der Waals surface area contributed by atoms with Crippen molar-refractivity contribution in [3.63, 3.8) is 0 Å². The maximum atomic E-state index is 11.3. The van der Waals surface area contributed by atoms with E-state index in [1.165, 1.54) is 10.6 Å². The molecule has 0 radical (unpaired) electrons. The van der Waals surface area contributed by atoms with Gasteiger partial charge in [0.05, 0.1) is 12.4 Å². The van der Waals surface area contributed by atoms with Crippen LogP contribution in [0.3, 0.4) is 0 Å². The standard InChI is InChI=1S/C9H10ClNO2/c1-7-3-2-4-9(13)11(7)6-8(12)5-10/h2-4H,5-6H2,1H3. The molecule has 4 heteroatoms. The Morgan fingerprint density at radius 3 is 2.77 bits per heavy atom. The number of nitrogens with zero attached hydrogens (tertiary/aromatic N) is 1. The molecule has 0 atom stereocenters. The van der Waals surface area contributed by atoms with Gasteiger partial charge in [0.2, 0.25) is 0 Å². The fourth-order valence-corrected chi connectivity index (χ4v) is 1.13. The number of hydrogen-bond acceptors (Lipinski definition) is 2. The smallest absolute Gasteiger partial charge is 0.251 e. The molecule has 13 heavy (non-hydrogen) atoms. The van der Waals surface area contributed by atoms with Crippen LogP contribution in [0.4, 0.5) is 0 Å². The van der Waals surface area contributed by atoms with E-state index >= 15 is 0 Å². The minimum atomic E-state index is -0.168. The molecule has 0 aromatic carbocycles. The number of carbonyl (C=O) groups excluding carboxylic acids is 1. The number of aromatic nitrogens is 1. The van der Waals surface area contributed by atoms with E-state index in [-0.39, 0.29) is 23.8 Å². The molecule has 0 N–H and O–H groups in total. The van der Waals surface area contributed by atoms with Gasteiger partial charge in [0.1, 0.15) is 0 Å². The predicted octanol–water partition coefficient (Wildman–Crippen LogP) is 0.965. The van der Waals surface area contributed by atoms with Crippen LogP contribution in [0.5, 0.6) is 0 Å². The highest BCUT2D eigenvalue weighted by Crippen LogP contribution is 1.94. The highest BCUT2D eigenvalue weighted by atomic mass is 35.5. The first-order valence-corrected chi connectivity index (χ1v) is 4.42. The second-order valence-electron chi connectivity index (χ2n) is 2.76. The van der Waals surface area contributed by atoms with Crippen LogP contribution >= 0.6 is 11.6 Å². The van der Waals surface area contributed by atoms with Crippen LogP contribution in [0.15, 0.2) is 23.0 Å². The summed E-state index contributed by atoms with van der Waals surface area (Å²) in [5.74, 6) is -0.209. The summed E-state index contributed by atoms with van der Waals surface area (Å²) in [6.07, 6.45) is 0. The summed E-state index contributed by atoms with van der Waals surface area (Å²) in [5.41, 5.74) is 0.601. The lowest BCUT2D eigenvalue weighted by atomic mass is 10.3. The predicted molar refractivity (Wildman–Crippen MR) is 51.2 cm³/mol. The largest absolute Gasteiger partial charge is 0.305 e. The number of alkyl halides is 1. The molecule has 70 valence electrons. The molecular formula is C9H10ClNO2. The Hall–Kier alpha value is -1.09. The van der Waals surface area contributed by atoms with Crippen LogP contribution < -0.4 is 5.56 Å². The molecular weight excluding hydrogens is 190 g/mol. The highest BCUT2D eigenvalue weighted by molar-refractivity contribution is 6.27. The first kappa shape index (κ1) is 9.99. The van der Waals surface area contributed by atoms with Crippen molar-refractivity contribution in [1.82, 2.24) is 4.57 Å². The summed E-state index contributed by atoms with van der Waals surface area (Å²) in [6, 6.07) is 4.87. The number of aryl methyl sites for hydroxylation is 1. The quantitative estimate of drug-likeness (QED) is 0.681. The van der Waals surface area contributed by atoms with Crippen molar-refractivity contribution in [3.8, 4) is 0 Å². The van der Waals surface area contributed by atoms with E-state index in [1.54, 1.807) is 19.1 Å². The Morgan fingerprint density at radius 2 is 2.23 bits per heavy atom. The lowest BCUT2D eigenvalue weighted by Crippen LogP contribution is -2.25. The molecule has 0 saturated carbocycles. The monoisotopic (exact) mass is 199 g/mol. The fourth-order valence-electron chi connectivity index (χ4n) is 1.04. The maximum Gasteiger partial charge on any atom is 0.251 e. The van der Waals surface area contributed by atoms with Crippen molar-refractivity contribution in [2.45, 2.75) is 13.5 Å². The number of pyridine rings is 1. The van der Waals surface area contributed by atoms with Crippen LogP contribution in [0.25, 0.3) is 0 Å². The van der Waals surface area contributed by atoms with Gasteiger partial charge in [-0.15, -0.1) is 11.6 Å². The number of carbonyl (C=O) groups is 1. The highest BCUT2D eigenvalue weighted by Gasteiger charge is 2.04. The Balaban J connectivity index is 3.00. The second kappa shape index (κ2) is 4.23. The Bertz CT molecular complexity index is 370. The summed E-state index contributed by atoms with van der Waals surface area (Å²) >= 11 is 5.34. The molecule has 0 unspecified atom stereocenters. The molecule has 0 fully saturated rings. The number of rotatable bonds is 3. The molecule has 0 bridgehead atoms. The van der Waals surface area contributed by atoms with Crippen LogP contribution in [0.1, 0.15) is 5.69 Å². The lowest BCUT2D eigenvalue weighted by Gasteiger charge is -2.06. The summed E-state index contributed by atoms with van der Waals surface area (Å²) in [5, 5.41) is 0. The minimum absolute atomic E-state index is 0.0548. The Labute approximate surface area is 80.9 Å². The molecule has 1 heterocycles. The van der Waals surface area contributed by atoms with E-state index in [0.29, 0.717) is 0 Å². The van der Waals surface area contributed by atoms with E-state index < -0.39 is 0 Å². The third-order valence-corrected chi connectivity index (χ3v) is 2.05. The molecule has 3 nitrogen and oxygen atoms in total. The molecule has 0 amide bonds. The topological polar surface area (TPSA) is 39.1 Å². The zero-order valence-corrected chi connectivity index (χ0v) is 8.04. The molecule has 0 aliphatic carbocycles. The summed E-state index contributed by atoms with van der Waals surface area (Å²) in [6.45, 7) is 1.85. The van der Waals surface area contributed by atoms with E-state index in [2.05, 4.69) is 0 Å². The first-order valence-electron chi connectivity index (χ1n) is 3.89. The van der Waals surface area contributed by atoms with Crippen molar-refractivity contribution < 1.29 is 4.79 Å². The van der Waals surface area contributed by atoms with Gasteiger partial charge in [-0.1, -0.05) is 6.07 Å². The average Bonchev–Trinajstić information content (AvgIpc) is 2.11. The van der Waals surface area contributed by atoms with Crippen LogP contribution in [-0.4, -0.2) is 16.2 Å². The van der Waals surface area contributed by atoms with Gasteiger partial charge in [-0.3, -0.25) is 9.59 Å². The third-order valence-electron chi connectivity index (χ3n) is 1.75. The van der Waals surface area contributed by atoms with Gasteiger partial charge in [-0.2, -0.15) is 0 Å². The molecule has 1 aromatic heterocycles. The van der Waals surface area contributed by atoms with Crippen LogP contribution in [0.2, 0.25) is 0 Å². The fraction of sp³-hybridized carbons (Fsp3) is 0.333. The van der Waals surface area contributed by atoms with Crippen molar-refractivity contribution in [2.75, 3.05) is 5.88 Å². The molecule has 1 aromatic rings. The van der Waals surface area contributed by atoms with Gasteiger partial charge in [0.15, 0.2) is 5.78 Å². The zero-order chi connectivity index (χ0) is 9.84. The number of hydrogen-bond donors (Lipinski definition) is 0. The number of Topliss-reactive ketones (excluding diaryl/α,β-unsaturated/α-hetero) is 1. The van der Waals surface area contributed by atoms with Gasteiger partial charge in [-0.25, -0.2) is 0 Å². The minimum Gasteiger partial charge on any atom is -0.305 e. The SMILES string of the molecule is Cc1cccc(=O)n1CC(=O)CCl. The maximum absolute atomic E-state index is 11.3. The van der Waals surface area contributed by atoms with E-state index in [4.69, 9.17) is 11.6 Å². The van der Waals surface area contributed by atoms with E-state index in [0.717, 1.165) is 5.69 Å². The van der Waals surface area contributed by atoms with E-state index in [9.17, 15) is 9.59 Å². The third kappa shape index (κ3) is 2.42. The second-order valence-corrected chi connectivity index (χ2v) is 3.03. The lowest BCUT2D eigenvalue weighted by molar-refractivity contribution is -0.117. The average molecular weight is 200 g/mol. The van der Waals surface area contributed by atoms with Crippen molar-refractivity contribution in [3.05, 3.63) is 34.2 Å². The van der Waals surface area contributed by atoms with Gasteiger partial charge < -0.3 is 4.57 Å². The summed E-state index contributed by atoms with van der Waals surface area (Å²) in [7, 11) is 0. The number of halogens is 1. The summed E-state index contributed by atoms with van der Waals surface area (Å²) in [4.78, 5) is 22.3. The Kier molecular flexibility index (Phi) is 3.25. The normalized spacial score (nSPS) is 10.0.